The molecule has 1 radical (unpaired) electrons. The average molecular weight is 324 g/mol. The van der Waals surface area contributed by atoms with Gasteiger partial charge >= 0.3 is 33.3 Å². The predicted molar refractivity (Wildman–Crippen MR) is 11.7 cm³/mol. The van der Waals surface area contributed by atoms with E-state index in [2.05, 4.69) is 0 Å². The summed E-state index contributed by atoms with van der Waals surface area (Å²) >= 11 is 0.194. The molecule has 0 bridgehead atoms. The molecular formula is AuCl2Fe. The van der Waals surface area contributed by atoms with E-state index in [1.165, 1.54) is 0 Å². The van der Waals surface area contributed by atoms with Crippen molar-refractivity contribution in [3.63, 3.8) is 0 Å². The average Bonchev–Trinajstić information content (AvgIpc) is 0.918. The molecular weight excluding hydrogens is 324 g/mol. The van der Waals surface area contributed by atoms with Crippen molar-refractivity contribution in [3.8, 4) is 0 Å². The summed E-state index contributed by atoms with van der Waals surface area (Å²) in [6.07, 6.45) is 0. The van der Waals surface area contributed by atoms with Crippen LogP contribution in [-0.2, 0) is 35.5 Å². The number of halogens is 2. The van der Waals surface area contributed by atoms with E-state index in [-0.39, 0.29) is 35.5 Å². The molecule has 33 valence electrons. The Morgan fingerprint density at radius 3 is 1.25 bits per heavy atom. The van der Waals surface area contributed by atoms with Gasteiger partial charge in [-0.15, -0.1) is 0 Å². The van der Waals surface area contributed by atoms with Crippen LogP contribution in [0.1, 0.15) is 0 Å². The molecule has 0 spiro atoms. The van der Waals surface area contributed by atoms with Crippen molar-refractivity contribution in [1.29, 1.82) is 0 Å². The summed E-state index contributed by atoms with van der Waals surface area (Å²) in [7, 11) is 9.53. The first kappa shape index (κ1) is 9.28. The van der Waals surface area contributed by atoms with Crippen molar-refractivity contribution >= 4 is 20.2 Å². The van der Waals surface area contributed by atoms with Gasteiger partial charge in [0.1, 0.15) is 0 Å². The second kappa shape index (κ2) is 8.85. The van der Waals surface area contributed by atoms with E-state index >= 15 is 0 Å². The van der Waals surface area contributed by atoms with E-state index in [4.69, 9.17) is 20.2 Å². The molecule has 0 aliphatic carbocycles. The molecule has 0 unspecified atom stereocenters. The molecule has 0 atom stereocenters. The zero-order valence-electron chi connectivity index (χ0n) is 1.41. The minimum absolute atomic E-state index is 0. The Morgan fingerprint density at radius 2 is 1.25 bits per heavy atom. The van der Waals surface area contributed by atoms with Gasteiger partial charge in [0.05, 0.1) is 0 Å². The maximum absolute atomic E-state index is 4.76. The third-order valence-corrected chi connectivity index (χ3v) is 0. The molecule has 0 saturated heterocycles. The summed E-state index contributed by atoms with van der Waals surface area (Å²) in [4.78, 5) is 0. The van der Waals surface area contributed by atoms with E-state index in [0.717, 1.165) is 0 Å². The van der Waals surface area contributed by atoms with Gasteiger partial charge < -0.3 is 0 Å². The Hall–Kier alpha value is 1.84. The molecule has 0 aromatic carbocycles. The molecule has 0 aliphatic rings. The van der Waals surface area contributed by atoms with Crippen LogP contribution >= 0.6 is 20.2 Å². The Labute approximate surface area is 55.4 Å². The van der Waals surface area contributed by atoms with Gasteiger partial charge in [-0.1, -0.05) is 0 Å². The van der Waals surface area contributed by atoms with Crippen LogP contribution in [0, 0.1) is 0 Å². The third kappa shape index (κ3) is 9.15. The summed E-state index contributed by atoms with van der Waals surface area (Å²) in [6.45, 7) is 0. The molecule has 0 saturated carbocycles. The minimum atomic E-state index is 0. The van der Waals surface area contributed by atoms with Crippen LogP contribution in [-0.4, -0.2) is 0 Å². The van der Waals surface area contributed by atoms with Gasteiger partial charge in [0.15, 0.2) is 0 Å². The summed E-state index contributed by atoms with van der Waals surface area (Å²) in [5.74, 6) is 0. The van der Waals surface area contributed by atoms with Gasteiger partial charge in [0.25, 0.3) is 0 Å². The second-order valence-electron chi connectivity index (χ2n) is 0.0505. The molecule has 0 nitrogen and oxygen atoms in total. The molecule has 0 fully saturated rings. The molecule has 0 N–H and O–H groups in total. The summed E-state index contributed by atoms with van der Waals surface area (Å²) in [5, 5.41) is 0. The van der Waals surface area contributed by atoms with E-state index in [0.29, 0.717) is 0 Å². The Balaban J connectivity index is 0. The van der Waals surface area contributed by atoms with Crippen LogP contribution in [0.3, 0.4) is 0 Å². The summed E-state index contributed by atoms with van der Waals surface area (Å²) in [6, 6.07) is 0. The molecule has 0 aromatic rings. The predicted octanol–water partition coefficient (Wildman–Crippen LogP) is 1.37. The van der Waals surface area contributed by atoms with Gasteiger partial charge in [0, 0.05) is 22.4 Å². The molecule has 0 aliphatic heterocycles. The van der Waals surface area contributed by atoms with Crippen molar-refractivity contribution in [2.75, 3.05) is 0 Å². The van der Waals surface area contributed by atoms with Crippen LogP contribution in [0.15, 0.2) is 0 Å². The molecule has 4 heteroatoms. The van der Waals surface area contributed by atoms with Crippen molar-refractivity contribution in [2.45, 2.75) is 0 Å². The zero-order valence-corrected chi connectivity index (χ0v) is 6.19. The van der Waals surface area contributed by atoms with Gasteiger partial charge in [-0.25, -0.2) is 0 Å². The van der Waals surface area contributed by atoms with Crippen molar-refractivity contribution in [3.05, 3.63) is 0 Å². The van der Waals surface area contributed by atoms with E-state index < -0.39 is 0 Å². The first-order valence-electron chi connectivity index (χ1n) is 0.267. The zero-order chi connectivity index (χ0) is 2.71. The van der Waals surface area contributed by atoms with Crippen LogP contribution in [0.5, 0.6) is 0 Å². The fraction of sp³-hybridized carbons (Fsp3) is 0. The monoisotopic (exact) mass is 323 g/mol. The van der Waals surface area contributed by atoms with Crippen LogP contribution in [0.25, 0.3) is 0 Å². The first-order valence-corrected chi connectivity index (χ1v) is 3.31. The van der Waals surface area contributed by atoms with Gasteiger partial charge in [0.2, 0.25) is 0 Å². The Bertz CT molecular complexity index is 6.00. The topological polar surface area (TPSA) is 0 Å². The van der Waals surface area contributed by atoms with E-state index in [1.807, 2.05) is 0 Å². The Kier molecular flexibility index (Phi) is 20.5. The molecule has 4 heavy (non-hydrogen) atoms. The summed E-state index contributed by atoms with van der Waals surface area (Å²) < 4.78 is 0. The van der Waals surface area contributed by atoms with Crippen LogP contribution in [0.2, 0.25) is 0 Å². The van der Waals surface area contributed by atoms with Gasteiger partial charge in [-0.2, -0.15) is 0 Å². The molecule has 0 amide bonds. The standard InChI is InChI=1S/Au.2ClH.Fe/h;2*1H;/q;;;+2/p-2. The van der Waals surface area contributed by atoms with Crippen molar-refractivity contribution in [2.24, 2.45) is 0 Å². The fourth-order valence-corrected chi connectivity index (χ4v) is 0. The maximum atomic E-state index is 4.76. The van der Waals surface area contributed by atoms with Crippen LogP contribution in [0.4, 0.5) is 0 Å². The van der Waals surface area contributed by atoms with Gasteiger partial charge in [-0.3, -0.25) is 0 Å². The third-order valence-electron chi connectivity index (χ3n) is 0. The number of hydrogen-bond donors (Lipinski definition) is 0. The van der Waals surface area contributed by atoms with Gasteiger partial charge in [-0.05, 0) is 0 Å². The quantitative estimate of drug-likeness (QED) is 0.591. The molecule has 0 rings (SSSR count). The SMILES string of the molecule is [Au].[Cl][Fe][Cl]. The molecule has 0 aromatic heterocycles. The van der Waals surface area contributed by atoms with E-state index in [1.54, 1.807) is 0 Å². The van der Waals surface area contributed by atoms with Crippen molar-refractivity contribution in [1.82, 2.24) is 0 Å². The second-order valence-corrected chi connectivity index (χ2v) is 1.87. The normalized spacial score (nSPS) is 5.50. The van der Waals surface area contributed by atoms with E-state index in [9.17, 15) is 0 Å². The van der Waals surface area contributed by atoms with Crippen molar-refractivity contribution < 1.29 is 35.5 Å². The summed E-state index contributed by atoms with van der Waals surface area (Å²) in [5.41, 5.74) is 0. The fourth-order valence-electron chi connectivity index (χ4n) is 0. The number of hydrogen-bond acceptors (Lipinski definition) is 0. The number of rotatable bonds is 0. The first-order chi connectivity index (χ1) is 1.41. The van der Waals surface area contributed by atoms with Crippen LogP contribution < -0.4 is 0 Å². The molecule has 0 heterocycles. The Morgan fingerprint density at radius 1 is 1.25 bits per heavy atom.